The fourth-order valence-corrected chi connectivity index (χ4v) is 2.83. The molecule has 2 N–H and O–H groups in total. The van der Waals surface area contributed by atoms with Crippen molar-refractivity contribution in [3.63, 3.8) is 0 Å². The van der Waals surface area contributed by atoms with E-state index in [2.05, 4.69) is 10.4 Å². The van der Waals surface area contributed by atoms with Crippen molar-refractivity contribution in [3.05, 3.63) is 17.4 Å². The summed E-state index contributed by atoms with van der Waals surface area (Å²) in [5.41, 5.74) is 0.875. The number of amides is 2. The van der Waals surface area contributed by atoms with Crippen molar-refractivity contribution in [1.29, 1.82) is 0 Å². The van der Waals surface area contributed by atoms with Crippen LogP contribution in [-0.4, -0.2) is 27.5 Å². The van der Waals surface area contributed by atoms with Gasteiger partial charge in [0.1, 0.15) is 5.82 Å². The third kappa shape index (κ3) is 1.22. The average Bonchev–Trinajstić information content (AvgIpc) is 2.79. The van der Waals surface area contributed by atoms with Gasteiger partial charge in [-0.1, -0.05) is 0 Å². The lowest BCUT2D eigenvalue weighted by Gasteiger charge is -2.31. The summed E-state index contributed by atoms with van der Waals surface area (Å²) in [4.78, 5) is 13.6. The Labute approximate surface area is 107 Å². The predicted octanol–water partition coefficient (Wildman–Crippen LogP) is 1.42. The standard InChI is InChI=1S/C12H11FN4O2/c13-9-6(5-18)4-7-8-10(9)14-12(19)16-2-1-3-17(15-7)11(8)16/h4,18H,1-3,5H2,(H,14,19). The molecule has 0 spiro atoms. The van der Waals surface area contributed by atoms with E-state index in [4.69, 9.17) is 0 Å². The van der Waals surface area contributed by atoms with Crippen molar-refractivity contribution < 1.29 is 14.3 Å². The second-order valence-corrected chi connectivity index (χ2v) is 4.76. The first-order valence-corrected chi connectivity index (χ1v) is 6.12. The normalized spacial score (nSPS) is 16.9. The number of nitrogens with one attached hydrogen (secondary N) is 1. The number of benzene rings is 1. The summed E-state index contributed by atoms with van der Waals surface area (Å²) < 4.78 is 16.0. The Morgan fingerprint density at radius 1 is 1.47 bits per heavy atom. The number of halogens is 1. The van der Waals surface area contributed by atoms with Gasteiger partial charge in [-0.15, -0.1) is 0 Å². The molecule has 19 heavy (non-hydrogen) atoms. The second-order valence-electron chi connectivity index (χ2n) is 4.76. The number of carbonyl (C=O) groups excluding carboxylic acids is 1. The van der Waals surface area contributed by atoms with Crippen molar-refractivity contribution in [2.24, 2.45) is 0 Å². The van der Waals surface area contributed by atoms with Crippen LogP contribution in [0.1, 0.15) is 12.0 Å². The number of anilines is 2. The first-order valence-electron chi connectivity index (χ1n) is 6.12. The molecular weight excluding hydrogens is 251 g/mol. The molecule has 2 aromatic rings. The van der Waals surface area contributed by atoms with E-state index in [1.165, 1.54) is 6.07 Å². The van der Waals surface area contributed by atoms with Gasteiger partial charge in [0, 0.05) is 18.7 Å². The molecule has 0 fully saturated rings. The summed E-state index contributed by atoms with van der Waals surface area (Å²) in [5.74, 6) is 0.0766. The maximum Gasteiger partial charge on any atom is 0.327 e. The summed E-state index contributed by atoms with van der Waals surface area (Å²) in [5, 5.41) is 16.8. The zero-order valence-electron chi connectivity index (χ0n) is 9.98. The highest BCUT2D eigenvalue weighted by atomic mass is 19.1. The van der Waals surface area contributed by atoms with E-state index in [9.17, 15) is 14.3 Å². The maximum atomic E-state index is 14.2. The van der Waals surface area contributed by atoms with Crippen LogP contribution in [0.2, 0.25) is 0 Å². The highest BCUT2D eigenvalue weighted by Crippen LogP contribution is 2.41. The Kier molecular flexibility index (Phi) is 1.95. The lowest BCUT2D eigenvalue weighted by atomic mass is 10.1. The van der Waals surface area contributed by atoms with Gasteiger partial charge in [-0.2, -0.15) is 5.10 Å². The van der Waals surface area contributed by atoms with Gasteiger partial charge in [-0.05, 0) is 12.5 Å². The quantitative estimate of drug-likeness (QED) is 0.816. The third-order valence-corrected chi connectivity index (χ3v) is 3.67. The molecular formula is C12H11FN4O2. The van der Waals surface area contributed by atoms with E-state index in [1.54, 1.807) is 9.58 Å². The molecule has 0 saturated carbocycles. The highest BCUT2D eigenvalue weighted by molar-refractivity contribution is 6.17. The molecule has 1 aromatic carbocycles. The van der Waals surface area contributed by atoms with Gasteiger partial charge in [0.25, 0.3) is 0 Å². The minimum Gasteiger partial charge on any atom is -0.392 e. The van der Waals surface area contributed by atoms with Crippen molar-refractivity contribution in [2.75, 3.05) is 16.8 Å². The fourth-order valence-electron chi connectivity index (χ4n) is 2.83. The van der Waals surface area contributed by atoms with Crippen LogP contribution in [0.3, 0.4) is 0 Å². The van der Waals surface area contributed by atoms with Crippen molar-refractivity contribution in [2.45, 2.75) is 19.6 Å². The number of hydrogen-bond donors (Lipinski definition) is 2. The number of carbonyl (C=O) groups is 1. The first kappa shape index (κ1) is 10.7. The van der Waals surface area contributed by atoms with Crippen LogP contribution in [0.15, 0.2) is 6.07 Å². The van der Waals surface area contributed by atoms with Crippen LogP contribution in [0.5, 0.6) is 0 Å². The van der Waals surface area contributed by atoms with Crippen LogP contribution >= 0.6 is 0 Å². The summed E-state index contributed by atoms with van der Waals surface area (Å²) >= 11 is 0. The highest BCUT2D eigenvalue weighted by Gasteiger charge is 2.34. The van der Waals surface area contributed by atoms with E-state index in [-0.39, 0.29) is 17.3 Å². The zero-order valence-corrected chi connectivity index (χ0v) is 9.98. The Morgan fingerprint density at radius 3 is 3.11 bits per heavy atom. The van der Waals surface area contributed by atoms with Gasteiger partial charge >= 0.3 is 6.03 Å². The minimum atomic E-state index is -0.579. The number of aromatic nitrogens is 2. The minimum absolute atomic E-state index is 0.131. The molecule has 2 amide bonds. The lowest BCUT2D eigenvalue weighted by Crippen LogP contribution is -2.42. The number of rotatable bonds is 1. The number of nitrogens with zero attached hydrogens (tertiary/aromatic N) is 3. The Balaban J connectivity index is 2.15. The average molecular weight is 262 g/mol. The summed E-state index contributed by atoms with van der Waals surface area (Å²) in [6.45, 7) is 0.898. The van der Waals surface area contributed by atoms with Gasteiger partial charge in [0.15, 0.2) is 5.82 Å². The summed E-state index contributed by atoms with van der Waals surface area (Å²) in [6.07, 6.45) is 0.819. The van der Waals surface area contributed by atoms with E-state index < -0.39 is 12.4 Å². The number of urea groups is 1. The van der Waals surface area contributed by atoms with Crippen LogP contribution in [-0.2, 0) is 13.2 Å². The molecule has 98 valence electrons. The lowest BCUT2D eigenvalue weighted by molar-refractivity contribution is 0.255. The van der Waals surface area contributed by atoms with Crippen molar-refractivity contribution in [1.82, 2.24) is 9.78 Å². The van der Waals surface area contributed by atoms with Gasteiger partial charge < -0.3 is 10.4 Å². The number of aryl methyl sites for hydroxylation is 1. The second kappa shape index (κ2) is 3.45. The van der Waals surface area contributed by atoms with E-state index in [1.807, 2.05) is 0 Å². The van der Waals surface area contributed by atoms with Gasteiger partial charge in [0.05, 0.1) is 23.2 Å². The van der Waals surface area contributed by atoms with Crippen molar-refractivity contribution >= 4 is 28.4 Å². The Morgan fingerprint density at radius 2 is 2.32 bits per heavy atom. The van der Waals surface area contributed by atoms with Crippen LogP contribution in [0.4, 0.5) is 20.7 Å². The molecule has 0 unspecified atom stereocenters. The van der Waals surface area contributed by atoms with Gasteiger partial charge in [-0.25, -0.2) is 13.9 Å². The maximum absolute atomic E-state index is 14.2. The third-order valence-electron chi connectivity index (χ3n) is 3.67. The Hall–Kier alpha value is -2.15. The van der Waals surface area contributed by atoms with Gasteiger partial charge in [0.2, 0.25) is 0 Å². The fraction of sp³-hybridized carbons (Fsp3) is 0.333. The molecule has 1 aromatic heterocycles. The van der Waals surface area contributed by atoms with Crippen LogP contribution < -0.4 is 10.2 Å². The molecule has 6 nitrogen and oxygen atoms in total. The van der Waals surface area contributed by atoms with Crippen LogP contribution in [0.25, 0.3) is 10.9 Å². The number of aliphatic hydroxyl groups excluding tert-OH is 1. The monoisotopic (exact) mass is 262 g/mol. The summed E-state index contributed by atoms with van der Waals surface area (Å²) in [6, 6.07) is 1.19. The molecule has 7 heteroatoms. The zero-order chi connectivity index (χ0) is 13.1. The summed E-state index contributed by atoms with van der Waals surface area (Å²) in [7, 11) is 0. The molecule has 2 aliphatic heterocycles. The number of hydrogen-bond acceptors (Lipinski definition) is 3. The van der Waals surface area contributed by atoms with Crippen LogP contribution in [0, 0.1) is 5.82 Å². The van der Waals surface area contributed by atoms with Crippen molar-refractivity contribution in [3.8, 4) is 0 Å². The molecule has 0 radical (unpaired) electrons. The largest absolute Gasteiger partial charge is 0.392 e. The van der Waals surface area contributed by atoms with E-state index in [0.717, 1.165) is 6.42 Å². The van der Waals surface area contributed by atoms with E-state index >= 15 is 0 Å². The predicted molar refractivity (Wildman–Crippen MR) is 66.6 cm³/mol. The molecule has 2 aliphatic rings. The number of aliphatic hydroxyl groups is 1. The topological polar surface area (TPSA) is 70.4 Å². The smallest absolute Gasteiger partial charge is 0.327 e. The van der Waals surface area contributed by atoms with Gasteiger partial charge in [-0.3, -0.25) is 4.90 Å². The molecule has 0 saturated heterocycles. The molecule has 0 atom stereocenters. The molecule has 4 rings (SSSR count). The molecule has 0 aliphatic carbocycles. The molecule has 3 heterocycles. The molecule has 0 bridgehead atoms. The van der Waals surface area contributed by atoms with E-state index in [0.29, 0.717) is 29.8 Å². The Bertz CT molecular complexity index is 724. The SMILES string of the molecule is O=C1Nc2c(F)c(CO)cc3nn4c(c23)N1CCC4. The first-order chi connectivity index (χ1) is 9.20.